The van der Waals surface area contributed by atoms with Crippen molar-refractivity contribution in [3.63, 3.8) is 0 Å². The van der Waals surface area contributed by atoms with Gasteiger partial charge in [0, 0.05) is 48.5 Å². The Morgan fingerprint density at radius 3 is 2.89 bits per heavy atom. The molecule has 6 aliphatic heterocycles. The van der Waals surface area contributed by atoms with Gasteiger partial charge in [-0.3, -0.25) is 4.90 Å². The Labute approximate surface area is 261 Å². The van der Waals surface area contributed by atoms with E-state index >= 15 is 4.39 Å². The van der Waals surface area contributed by atoms with Gasteiger partial charge in [-0.15, -0.1) is 6.42 Å². The molecule has 46 heavy (non-hydrogen) atoms. The van der Waals surface area contributed by atoms with Crippen LogP contribution in [0.1, 0.15) is 31.2 Å². The number of piperazine rings is 1. The third-order valence-corrected chi connectivity index (χ3v) is 11.4. The van der Waals surface area contributed by atoms with Gasteiger partial charge in [0.15, 0.2) is 5.82 Å². The number of nitrogens with one attached hydrogen (secondary N) is 1. The van der Waals surface area contributed by atoms with Crippen molar-refractivity contribution in [2.45, 2.75) is 55.0 Å². The van der Waals surface area contributed by atoms with E-state index < -0.39 is 23.3 Å². The second-order valence-electron chi connectivity index (χ2n) is 13.7. The van der Waals surface area contributed by atoms with Crippen molar-refractivity contribution < 1.29 is 27.8 Å². The number of alkyl halides is 1. The van der Waals surface area contributed by atoms with Crippen molar-refractivity contribution >= 4 is 27.5 Å². The number of anilines is 1. The molecule has 1 saturated carbocycles. The van der Waals surface area contributed by atoms with Crippen molar-refractivity contribution in [2.24, 2.45) is 5.92 Å². The number of rotatable bonds is 4. The molecule has 2 aromatic heterocycles. The first-order valence-electron chi connectivity index (χ1n) is 15.8. The molecule has 1 spiro atoms. The summed E-state index contributed by atoms with van der Waals surface area (Å²) >= 11 is 0. The maximum Gasteiger partial charge on any atom is 0.319 e. The number of hydrogen-bond donors (Lipinski definition) is 2. The summed E-state index contributed by atoms with van der Waals surface area (Å²) in [5, 5.41) is 15.3. The van der Waals surface area contributed by atoms with E-state index in [0.29, 0.717) is 48.6 Å². The molecule has 12 heteroatoms. The Bertz CT molecular complexity index is 2060. The third-order valence-electron chi connectivity index (χ3n) is 11.4. The molecule has 0 amide bonds. The van der Waals surface area contributed by atoms with Crippen LogP contribution in [-0.2, 0) is 0 Å². The number of terminal acetylenes is 1. The summed E-state index contributed by atoms with van der Waals surface area (Å²) < 4.78 is 59.2. The van der Waals surface area contributed by atoms with Gasteiger partial charge in [0.25, 0.3) is 0 Å². The van der Waals surface area contributed by atoms with Gasteiger partial charge in [-0.1, -0.05) is 12.0 Å². The van der Waals surface area contributed by atoms with E-state index in [1.54, 1.807) is 0 Å². The Morgan fingerprint density at radius 2 is 2.07 bits per heavy atom. The average molecular weight is 627 g/mol. The molecule has 1 aliphatic carbocycles. The first kappa shape index (κ1) is 26.8. The third kappa shape index (κ3) is 3.37. The van der Waals surface area contributed by atoms with E-state index in [2.05, 4.69) is 31.0 Å². The standard InChI is InChI=1S/C34H29F3N6O3/c1-2-20-23(36)5-4-16-8-19(44)10-21(24(16)20)27-26(37)28-25-30(41-32(40-28)46-14-33-6-3-7-42(33)12-17(35)11-33)43-13-18-9-22-29(38-18)34(22,43)15-45-31(25)39-27/h1,4-5,8,10,17-18,22,29,38,44H,3,6-7,9,11-15H2/t17-,18+,22-,29?,33?,34+/m0/s1. The minimum atomic E-state index is -0.925. The van der Waals surface area contributed by atoms with Crippen molar-refractivity contribution in [3.8, 4) is 41.2 Å². The molecule has 4 aromatic rings. The van der Waals surface area contributed by atoms with Crippen LogP contribution in [0.4, 0.5) is 19.0 Å². The molecule has 234 valence electrons. The lowest BCUT2D eigenvalue weighted by Crippen LogP contribution is -2.60. The van der Waals surface area contributed by atoms with E-state index in [0.717, 1.165) is 25.8 Å². The van der Waals surface area contributed by atoms with E-state index in [1.807, 2.05) is 0 Å². The summed E-state index contributed by atoms with van der Waals surface area (Å²) in [5.74, 6) is 1.76. The fraction of sp³-hybridized carbons (Fsp3) is 0.441. The molecule has 11 rings (SSSR count). The highest BCUT2D eigenvalue weighted by atomic mass is 19.1. The minimum Gasteiger partial charge on any atom is -0.508 e. The van der Waals surface area contributed by atoms with Gasteiger partial charge >= 0.3 is 6.01 Å². The number of aromatic nitrogens is 3. The van der Waals surface area contributed by atoms with Crippen LogP contribution in [0.5, 0.6) is 17.6 Å². The lowest BCUT2D eigenvalue weighted by molar-refractivity contribution is 0.107. The Kier molecular flexibility index (Phi) is 5.21. The van der Waals surface area contributed by atoms with Crippen LogP contribution in [0.3, 0.4) is 0 Å². The quantitative estimate of drug-likeness (QED) is 0.325. The number of piperidine rings is 2. The van der Waals surface area contributed by atoms with Gasteiger partial charge in [0.05, 0.1) is 16.6 Å². The number of pyridine rings is 1. The van der Waals surface area contributed by atoms with E-state index in [1.165, 1.54) is 24.3 Å². The van der Waals surface area contributed by atoms with E-state index in [9.17, 15) is 13.9 Å². The number of ether oxygens (including phenoxy) is 2. The first-order valence-corrected chi connectivity index (χ1v) is 15.8. The summed E-state index contributed by atoms with van der Waals surface area (Å²) in [6, 6.07) is 5.92. The first-order chi connectivity index (χ1) is 22.3. The predicted octanol–water partition coefficient (Wildman–Crippen LogP) is 4.08. The van der Waals surface area contributed by atoms with Crippen molar-refractivity contribution in [1.82, 2.24) is 25.2 Å². The molecule has 2 aromatic carbocycles. The summed E-state index contributed by atoms with van der Waals surface area (Å²) in [5.41, 5.74) is -1.03. The number of halogens is 3. The topological polar surface area (TPSA) is 95.9 Å². The van der Waals surface area contributed by atoms with Crippen molar-refractivity contribution in [1.29, 1.82) is 0 Å². The van der Waals surface area contributed by atoms with Crippen molar-refractivity contribution in [3.05, 3.63) is 41.5 Å². The number of phenolic OH excluding ortho intramolecular Hbond substituents is 1. The molecule has 4 bridgehead atoms. The summed E-state index contributed by atoms with van der Waals surface area (Å²) in [4.78, 5) is 18.5. The van der Waals surface area contributed by atoms with E-state index in [4.69, 9.17) is 20.9 Å². The highest BCUT2D eigenvalue weighted by Gasteiger charge is 2.76. The van der Waals surface area contributed by atoms with Crippen LogP contribution in [0.2, 0.25) is 0 Å². The van der Waals surface area contributed by atoms with Crippen LogP contribution in [0.25, 0.3) is 32.9 Å². The Morgan fingerprint density at radius 1 is 1.17 bits per heavy atom. The maximum atomic E-state index is 17.0. The number of benzene rings is 2. The monoisotopic (exact) mass is 626 g/mol. The van der Waals surface area contributed by atoms with Gasteiger partial charge in [0.2, 0.25) is 5.88 Å². The van der Waals surface area contributed by atoms with Gasteiger partial charge in [-0.05, 0) is 49.4 Å². The molecule has 5 saturated heterocycles. The zero-order valence-electron chi connectivity index (χ0n) is 24.7. The number of phenols is 1. The summed E-state index contributed by atoms with van der Waals surface area (Å²) in [6.07, 6.45) is 7.95. The molecule has 9 nitrogen and oxygen atoms in total. The normalized spacial score (nSPS) is 31.8. The Hall–Kier alpha value is -4.34. The van der Waals surface area contributed by atoms with Gasteiger partial charge < -0.3 is 24.8 Å². The van der Waals surface area contributed by atoms with Gasteiger partial charge in [0.1, 0.15) is 53.4 Å². The zero-order chi connectivity index (χ0) is 31.1. The zero-order valence-corrected chi connectivity index (χ0v) is 24.7. The highest BCUT2D eigenvalue weighted by Crippen LogP contribution is 2.62. The molecule has 6 atom stereocenters. The number of hydrogen-bond acceptors (Lipinski definition) is 9. The highest BCUT2D eigenvalue weighted by molar-refractivity contribution is 6.04. The van der Waals surface area contributed by atoms with Gasteiger partial charge in [-0.25, -0.2) is 18.2 Å². The SMILES string of the molecule is C#Cc1c(F)ccc2cc(O)cc(-c3nc4c5c(nc(OCC67CCCN6C[C@@H](F)C7)nc5c3F)N3C[C@H]5C[C@H]6C(N5)[C@@]63CO4)c12. The molecule has 2 N–H and O–H groups in total. The van der Waals surface area contributed by atoms with Gasteiger partial charge in [-0.2, -0.15) is 9.97 Å². The average Bonchev–Trinajstić information content (AvgIpc) is 3.27. The van der Waals surface area contributed by atoms with Crippen LogP contribution in [0.15, 0.2) is 24.3 Å². The van der Waals surface area contributed by atoms with Crippen LogP contribution < -0.4 is 19.7 Å². The lowest BCUT2D eigenvalue weighted by Gasteiger charge is -2.42. The largest absolute Gasteiger partial charge is 0.508 e. The van der Waals surface area contributed by atoms with E-state index in [-0.39, 0.29) is 69.6 Å². The smallest absolute Gasteiger partial charge is 0.319 e. The molecular formula is C34H29F3N6O3. The fourth-order valence-electron chi connectivity index (χ4n) is 9.41. The summed E-state index contributed by atoms with van der Waals surface area (Å²) in [7, 11) is 0. The molecule has 7 aliphatic rings. The molecule has 2 unspecified atom stereocenters. The van der Waals surface area contributed by atoms with Crippen LogP contribution >= 0.6 is 0 Å². The Balaban J connectivity index is 1.18. The number of nitrogens with zero attached hydrogens (tertiary/aromatic N) is 5. The number of fused-ring (bicyclic) bond motifs is 2. The van der Waals surface area contributed by atoms with Crippen LogP contribution in [-0.4, -0.2) is 87.1 Å². The molecular weight excluding hydrogens is 597 g/mol. The second-order valence-corrected chi connectivity index (χ2v) is 13.7. The maximum absolute atomic E-state index is 17.0. The minimum absolute atomic E-state index is 0.00869. The lowest BCUT2D eigenvalue weighted by atomic mass is 9.95. The summed E-state index contributed by atoms with van der Waals surface area (Å²) in [6.45, 7) is 2.34. The molecule has 6 fully saturated rings. The molecule has 0 radical (unpaired) electrons. The fourth-order valence-corrected chi connectivity index (χ4v) is 9.41. The predicted molar refractivity (Wildman–Crippen MR) is 163 cm³/mol. The second kappa shape index (κ2) is 8.92. The number of aromatic hydroxyl groups is 1. The molecule has 8 heterocycles. The van der Waals surface area contributed by atoms with Crippen molar-refractivity contribution in [2.75, 3.05) is 37.7 Å². The van der Waals surface area contributed by atoms with Crippen LogP contribution in [0, 0.1) is 29.9 Å².